The molecule has 1 aliphatic rings. The average molecular weight is 301 g/mol. The maximum Gasteiger partial charge on any atom is 0.227 e. The van der Waals surface area contributed by atoms with Crippen molar-refractivity contribution in [2.24, 2.45) is 5.92 Å². The van der Waals surface area contributed by atoms with E-state index in [0.29, 0.717) is 25.4 Å². The highest BCUT2D eigenvalue weighted by molar-refractivity contribution is 5.78. The summed E-state index contributed by atoms with van der Waals surface area (Å²) >= 11 is 0. The number of nitriles is 1. The summed E-state index contributed by atoms with van der Waals surface area (Å²) in [4.78, 5) is 16.3. The minimum absolute atomic E-state index is 0.0747. The zero-order valence-corrected chi connectivity index (χ0v) is 13.2. The van der Waals surface area contributed by atoms with Gasteiger partial charge in [0.05, 0.1) is 12.5 Å². The molecule has 1 atom stereocenters. The van der Waals surface area contributed by atoms with Crippen LogP contribution in [0.15, 0.2) is 24.3 Å². The smallest absolute Gasteiger partial charge is 0.227 e. The molecule has 5 heteroatoms. The molecule has 2 rings (SSSR count). The maximum atomic E-state index is 12.3. The number of amides is 1. The van der Waals surface area contributed by atoms with Crippen LogP contribution in [0, 0.1) is 17.2 Å². The summed E-state index contributed by atoms with van der Waals surface area (Å²) in [6.07, 6.45) is 0.353. The van der Waals surface area contributed by atoms with Crippen molar-refractivity contribution in [3.05, 3.63) is 29.8 Å². The Morgan fingerprint density at radius 2 is 1.82 bits per heavy atom. The second-order valence-electron chi connectivity index (χ2n) is 6.08. The second-order valence-corrected chi connectivity index (χ2v) is 6.08. The van der Waals surface area contributed by atoms with Crippen LogP contribution >= 0.6 is 0 Å². The van der Waals surface area contributed by atoms with Gasteiger partial charge in [0, 0.05) is 26.2 Å². The molecule has 0 aromatic heterocycles. The zero-order valence-electron chi connectivity index (χ0n) is 13.2. The van der Waals surface area contributed by atoms with Gasteiger partial charge in [-0.05, 0) is 23.6 Å². The first-order chi connectivity index (χ1) is 10.5. The fourth-order valence-corrected chi connectivity index (χ4v) is 2.80. The molecule has 1 N–H and O–H groups in total. The summed E-state index contributed by atoms with van der Waals surface area (Å²) in [7, 11) is 0. The number of hydrogen-bond donors (Lipinski definition) is 1. The second kappa shape index (κ2) is 7.28. The van der Waals surface area contributed by atoms with Crippen molar-refractivity contribution in [2.45, 2.75) is 26.3 Å². The standard InChI is InChI=1S/C17H23N3O2/c1-13(2)16(12-18)19-7-9-20(10-8-19)17(22)11-14-3-5-15(21)6-4-14/h3-6,13,16,21H,7-11H2,1-2H3/t16-/m0/s1. The van der Waals surface area contributed by atoms with Gasteiger partial charge in [0.2, 0.25) is 5.91 Å². The van der Waals surface area contributed by atoms with Gasteiger partial charge < -0.3 is 10.0 Å². The summed E-state index contributed by atoms with van der Waals surface area (Å²) in [6, 6.07) is 9.02. The number of carbonyl (C=O) groups is 1. The molecule has 1 heterocycles. The van der Waals surface area contributed by atoms with E-state index in [0.717, 1.165) is 18.7 Å². The van der Waals surface area contributed by atoms with Gasteiger partial charge in [-0.25, -0.2) is 0 Å². The van der Waals surface area contributed by atoms with Crippen molar-refractivity contribution in [1.82, 2.24) is 9.80 Å². The molecule has 22 heavy (non-hydrogen) atoms. The lowest BCUT2D eigenvalue weighted by Gasteiger charge is -2.38. The Kier molecular flexibility index (Phi) is 5.40. The number of benzene rings is 1. The summed E-state index contributed by atoms with van der Waals surface area (Å²) in [6.45, 7) is 6.94. The molecule has 118 valence electrons. The number of carbonyl (C=O) groups excluding carboxylic acids is 1. The molecule has 1 aromatic rings. The van der Waals surface area contributed by atoms with Crippen LogP contribution in [0.2, 0.25) is 0 Å². The largest absolute Gasteiger partial charge is 0.508 e. The van der Waals surface area contributed by atoms with Crippen LogP contribution in [0.5, 0.6) is 5.75 Å². The molecule has 0 spiro atoms. The van der Waals surface area contributed by atoms with E-state index in [4.69, 9.17) is 0 Å². The van der Waals surface area contributed by atoms with E-state index in [1.54, 1.807) is 24.3 Å². The quantitative estimate of drug-likeness (QED) is 0.918. The van der Waals surface area contributed by atoms with Crippen molar-refractivity contribution in [2.75, 3.05) is 26.2 Å². The van der Waals surface area contributed by atoms with Gasteiger partial charge in [-0.2, -0.15) is 5.26 Å². The Balaban J connectivity index is 1.87. The zero-order chi connectivity index (χ0) is 16.1. The van der Waals surface area contributed by atoms with Gasteiger partial charge in [-0.15, -0.1) is 0 Å². The highest BCUT2D eigenvalue weighted by atomic mass is 16.3. The Morgan fingerprint density at radius 1 is 1.23 bits per heavy atom. The SMILES string of the molecule is CC(C)[C@H](C#N)N1CCN(C(=O)Cc2ccc(O)cc2)CC1. The van der Waals surface area contributed by atoms with Crippen LogP contribution in [0.25, 0.3) is 0 Å². The summed E-state index contributed by atoms with van der Waals surface area (Å²) in [5.74, 6) is 0.605. The minimum atomic E-state index is -0.0747. The average Bonchev–Trinajstić information content (AvgIpc) is 2.50. The lowest BCUT2D eigenvalue weighted by molar-refractivity contribution is -0.132. The van der Waals surface area contributed by atoms with Gasteiger partial charge in [-0.1, -0.05) is 26.0 Å². The number of nitrogens with zero attached hydrogens (tertiary/aromatic N) is 3. The van der Waals surface area contributed by atoms with E-state index in [2.05, 4.69) is 24.8 Å². The van der Waals surface area contributed by atoms with E-state index in [-0.39, 0.29) is 17.7 Å². The first kappa shape index (κ1) is 16.3. The number of piperazine rings is 1. The Morgan fingerprint density at radius 3 is 2.32 bits per heavy atom. The van der Waals surface area contributed by atoms with Crippen molar-refractivity contribution in [1.29, 1.82) is 5.26 Å². The molecule has 1 fully saturated rings. The number of phenolic OH excluding ortho intramolecular Hbond substituents is 1. The van der Waals surface area contributed by atoms with Crippen LogP contribution in [0.1, 0.15) is 19.4 Å². The molecule has 0 aliphatic carbocycles. The number of aromatic hydroxyl groups is 1. The molecule has 0 saturated carbocycles. The summed E-state index contributed by atoms with van der Waals surface area (Å²) < 4.78 is 0. The van der Waals surface area contributed by atoms with Gasteiger partial charge in [0.1, 0.15) is 11.8 Å². The topological polar surface area (TPSA) is 67.6 Å². The van der Waals surface area contributed by atoms with E-state index >= 15 is 0 Å². The predicted molar refractivity (Wildman–Crippen MR) is 84.2 cm³/mol. The third kappa shape index (κ3) is 3.99. The lowest BCUT2D eigenvalue weighted by Crippen LogP contribution is -2.53. The molecule has 0 radical (unpaired) electrons. The highest BCUT2D eigenvalue weighted by Crippen LogP contribution is 2.15. The molecular formula is C17H23N3O2. The van der Waals surface area contributed by atoms with Crippen LogP contribution in [-0.4, -0.2) is 53.0 Å². The first-order valence-corrected chi connectivity index (χ1v) is 7.70. The number of rotatable bonds is 4. The van der Waals surface area contributed by atoms with E-state index < -0.39 is 0 Å². The molecular weight excluding hydrogens is 278 g/mol. The van der Waals surface area contributed by atoms with E-state index in [9.17, 15) is 15.2 Å². The summed E-state index contributed by atoms with van der Waals surface area (Å²) in [5, 5.41) is 18.5. The fraction of sp³-hybridized carbons (Fsp3) is 0.529. The molecule has 0 bridgehead atoms. The normalized spacial score (nSPS) is 17.3. The van der Waals surface area contributed by atoms with Gasteiger partial charge in [0.25, 0.3) is 0 Å². The van der Waals surface area contributed by atoms with Crippen LogP contribution < -0.4 is 0 Å². The molecule has 0 unspecified atom stereocenters. The van der Waals surface area contributed by atoms with Crippen molar-refractivity contribution < 1.29 is 9.90 Å². The van der Waals surface area contributed by atoms with Crippen molar-refractivity contribution in [3.63, 3.8) is 0 Å². The molecule has 1 amide bonds. The van der Waals surface area contributed by atoms with Gasteiger partial charge in [-0.3, -0.25) is 9.69 Å². The Bertz CT molecular complexity index is 540. The minimum Gasteiger partial charge on any atom is -0.508 e. The lowest BCUT2D eigenvalue weighted by atomic mass is 10.0. The monoisotopic (exact) mass is 301 g/mol. The molecule has 1 saturated heterocycles. The number of phenols is 1. The number of hydrogen-bond acceptors (Lipinski definition) is 4. The van der Waals surface area contributed by atoms with Crippen LogP contribution in [-0.2, 0) is 11.2 Å². The maximum absolute atomic E-state index is 12.3. The van der Waals surface area contributed by atoms with Crippen molar-refractivity contribution in [3.8, 4) is 11.8 Å². The Hall–Kier alpha value is -2.06. The molecule has 5 nitrogen and oxygen atoms in total. The van der Waals surface area contributed by atoms with Crippen LogP contribution in [0.4, 0.5) is 0 Å². The van der Waals surface area contributed by atoms with Crippen LogP contribution in [0.3, 0.4) is 0 Å². The van der Waals surface area contributed by atoms with Gasteiger partial charge in [0.15, 0.2) is 0 Å². The molecule has 1 aliphatic heterocycles. The van der Waals surface area contributed by atoms with E-state index in [1.807, 2.05) is 4.90 Å². The van der Waals surface area contributed by atoms with Gasteiger partial charge >= 0.3 is 0 Å². The highest BCUT2D eigenvalue weighted by Gasteiger charge is 2.27. The third-order valence-corrected chi connectivity index (χ3v) is 4.12. The Labute approximate surface area is 131 Å². The summed E-state index contributed by atoms with van der Waals surface area (Å²) in [5.41, 5.74) is 0.905. The first-order valence-electron chi connectivity index (χ1n) is 7.70. The van der Waals surface area contributed by atoms with Crippen molar-refractivity contribution >= 4 is 5.91 Å². The third-order valence-electron chi connectivity index (χ3n) is 4.12. The van der Waals surface area contributed by atoms with E-state index in [1.165, 1.54) is 0 Å². The predicted octanol–water partition coefficient (Wildman–Crippen LogP) is 1.63. The molecule has 1 aromatic carbocycles. The fourth-order valence-electron chi connectivity index (χ4n) is 2.80.